The van der Waals surface area contributed by atoms with Gasteiger partial charge in [-0.25, -0.2) is 9.78 Å². The van der Waals surface area contributed by atoms with Crippen molar-refractivity contribution in [2.24, 2.45) is 11.8 Å². The van der Waals surface area contributed by atoms with E-state index in [9.17, 15) is 9.90 Å². The smallest absolute Gasteiger partial charge is 0.326 e. The lowest BCUT2D eigenvalue weighted by atomic mass is 9.94. The number of carbonyl (C=O) groups is 1. The Morgan fingerprint density at radius 1 is 1.44 bits per heavy atom. The van der Waals surface area contributed by atoms with E-state index in [1.807, 2.05) is 4.90 Å². The SMILES string of the molecule is O=C(O)C1C2CCCC2CN1c1cncc(Cl)n1. The van der Waals surface area contributed by atoms with Gasteiger partial charge < -0.3 is 10.0 Å². The van der Waals surface area contributed by atoms with E-state index in [1.165, 1.54) is 6.20 Å². The Kier molecular flexibility index (Phi) is 2.86. The highest BCUT2D eigenvalue weighted by Crippen LogP contribution is 2.43. The first-order valence-electron chi connectivity index (χ1n) is 6.14. The van der Waals surface area contributed by atoms with Gasteiger partial charge in [0.2, 0.25) is 0 Å². The van der Waals surface area contributed by atoms with E-state index in [-0.39, 0.29) is 5.92 Å². The van der Waals surface area contributed by atoms with Crippen LogP contribution in [-0.2, 0) is 4.79 Å². The average Bonchev–Trinajstić information content (AvgIpc) is 2.87. The van der Waals surface area contributed by atoms with Gasteiger partial charge in [0.15, 0.2) is 0 Å². The summed E-state index contributed by atoms with van der Waals surface area (Å²) in [5, 5.41) is 9.74. The maximum Gasteiger partial charge on any atom is 0.326 e. The van der Waals surface area contributed by atoms with Crippen LogP contribution >= 0.6 is 11.6 Å². The first-order valence-corrected chi connectivity index (χ1v) is 6.51. The van der Waals surface area contributed by atoms with Gasteiger partial charge in [-0.15, -0.1) is 0 Å². The minimum atomic E-state index is -0.772. The van der Waals surface area contributed by atoms with Crippen molar-refractivity contribution >= 4 is 23.4 Å². The Morgan fingerprint density at radius 3 is 3.00 bits per heavy atom. The second-order valence-corrected chi connectivity index (χ2v) is 5.38. The lowest BCUT2D eigenvalue weighted by Gasteiger charge is -2.24. The van der Waals surface area contributed by atoms with E-state index < -0.39 is 12.0 Å². The first-order chi connectivity index (χ1) is 8.66. The zero-order chi connectivity index (χ0) is 12.7. The highest BCUT2D eigenvalue weighted by atomic mass is 35.5. The van der Waals surface area contributed by atoms with Crippen LogP contribution in [0.2, 0.25) is 5.15 Å². The molecule has 3 unspecified atom stereocenters. The number of anilines is 1. The molecule has 3 atom stereocenters. The molecule has 5 nitrogen and oxygen atoms in total. The fourth-order valence-electron chi connectivity index (χ4n) is 3.33. The molecule has 1 aliphatic carbocycles. The monoisotopic (exact) mass is 267 g/mol. The van der Waals surface area contributed by atoms with Gasteiger partial charge in [0.1, 0.15) is 17.0 Å². The van der Waals surface area contributed by atoms with Crippen molar-refractivity contribution in [3.63, 3.8) is 0 Å². The van der Waals surface area contributed by atoms with Crippen LogP contribution in [0.4, 0.5) is 5.82 Å². The number of rotatable bonds is 2. The Morgan fingerprint density at radius 2 is 2.28 bits per heavy atom. The molecule has 96 valence electrons. The van der Waals surface area contributed by atoms with E-state index >= 15 is 0 Å². The van der Waals surface area contributed by atoms with Crippen molar-refractivity contribution in [2.75, 3.05) is 11.4 Å². The van der Waals surface area contributed by atoms with Crippen molar-refractivity contribution in [3.8, 4) is 0 Å². The molecule has 2 aliphatic rings. The summed E-state index contributed by atoms with van der Waals surface area (Å²) in [6, 6.07) is -0.481. The molecule has 18 heavy (non-hydrogen) atoms. The third kappa shape index (κ3) is 1.82. The van der Waals surface area contributed by atoms with Crippen molar-refractivity contribution in [1.82, 2.24) is 9.97 Å². The number of hydrogen-bond donors (Lipinski definition) is 1. The number of aromatic nitrogens is 2. The molecule has 0 bridgehead atoms. The molecule has 0 amide bonds. The highest BCUT2D eigenvalue weighted by Gasteiger charge is 2.48. The Labute approximate surface area is 110 Å². The number of nitrogens with zero attached hydrogens (tertiary/aromatic N) is 3. The third-order valence-corrected chi connectivity index (χ3v) is 4.21. The van der Waals surface area contributed by atoms with Crippen LogP contribution in [0.1, 0.15) is 19.3 Å². The largest absolute Gasteiger partial charge is 0.480 e. The van der Waals surface area contributed by atoms with Gasteiger partial charge >= 0.3 is 5.97 Å². The number of carboxylic acid groups (broad SMARTS) is 1. The minimum absolute atomic E-state index is 0.239. The molecule has 2 heterocycles. The predicted octanol–water partition coefficient (Wildman–Crippen LogP) is 1.82. The van der Waals surface area contributed by atoms with Crippen LogP contribution in [0.3, 0.4) is 0 Å². The van der Waals surface area contributed by atoms with Crippen molar-refractivity contribution in [1.29, 1.82) is 0 Å². The van der Waals surface area contributed by atoms with Gasteiger partial charge in [0.05, 0.1) is 12.4 Å². The Hall–Kier alpha value is -1.36. The molecule has 1 aliphatic heterocycles. The average molecular weight is 268 g/mol. The predicted molar refractivity (Wildman–Crippen MR) is 66.6 cm³/mol. The maximum absolute atomic E-state index is 11.5. The topological polar surface area (TPSA) is 66.3 Å². The molecule has 2 fully saturated rings. The van der Waals surface area contributed by atoms with Gasteiger partial charge in [-0.2, -0.15) is 0 Å². The van der Waals surface area contributed by atoms with Gasteiger partial charge in [0.25, 0.3) is 0 Å². The molecule has 6 heteroatoms. The summed E-state index contributed by atoms with van der Waals surface area (Å²) >= 11 is 5.82. The van der Waals surface area contributed by atoms with E-state index in [4.69, 9.17) is 11.6 Å². The molecule has 0 spiro atoms. The lowest BCUT2D eigenvalue weighted by molar-refractivity contribution is -0.139. The molecular weight excluding hydrogens is 254 g/mol. The Bertz CT molecular complexity index is 482. The second kappa shape index (κ2) is 4.39. The maximum atomic E-state index is 11.5. The van der Waals surface area contributed by atoms with Crippen LogP contribution in [-0.4, -0.2) is 33.6 Å². The van der Waals surface area contributed by atoms with Crippen LogP contribution in [0, 0.1) is 11.8 Å². The van der Waals surface area contributed by atoms with E-state index in [1.54, 1.807) is 6.20 Å². The molecule has 1 aromatic rings. The van der Waals surface area contributed by atoms with Gasteiger partial charge in [-0.05, 0) is 24.7 Å². The summed E-state index contributed by atoms with van der Waals surface area (Å²) in [6.45, 7) is 0.747. The van der Waals surface area contributed by atoms with Crippen LogP contribution < -0.4 is 4.90 Å². The molecular formula is C12H14ClN3O2. The fraction of sp³-hybridized carbons (Fsp3) is 0.583. The van der Waals surface area contributed by atoms with Crippen molar-refractivity contribution in [3.05, 3.63) is 17.5 Å². The van der Waals surface area contributed by atoms with Crippen LogP contribution in [0.15, 0.2) is 12.4 Å². The number of fused-ring (bicyclic) bond motifs is 1. The summed E-state index contributed by atoms with van der Waals surface area (Å²) in [7, 11) is 0. The van der Waals surface area contributed by atoms with Gasteiger partial charge in [-0.1, -0.05) is 18.0 Å². The van der Waals surface area contributed by atoms with Crippen LogP contribution in [0.25, 0.3) is 0 Å². The fourth-order valence-corrected chi connectivity index (χ4v) is 3.47. The highest BCUT2D eigenvalue weighted by molar-refractivity contribution is 6.29. The molecule has 0 radical (unpaired) electrons. The molecule has 1 saturated heterocycles. The zero-order valence-corrected chi connectivity index (χ0v) is 10.5. The Balaban J connectivity index is 1.94. The van der Waals surface area contributed by atoms with Crippen molar-refractivity contribution in [2.45, 2.75) is 25.3 Å². The minimum Gasteiger partial charge on any atom is -0.480 e. The van der Waals surface area contributed by atoms with Crippen molar-refractivity contribution < 1.29 is 9.90 Å². The summed E-state index contributed by atoms with van der Waals surface area (Å²) in [5.74, 6) is 0.505. The third-order valence-electron chi connectivity index (χ3n) is 4.03. The number of hydrogen-bond acceptors (Lipinski definition) is 4. The lowest BCUT2D eigenvalue weighted by Crippen LogP contribution is -2.40. The number of aliphatic carboxylic acids is 1. The summed E-state index contributed by atoms with van der Waals surface area (Å²) < 4.78 is 0. The number of halogens is 1. The van der Waals surface area contributed by atoms with E-state index in [0.29, 0.717) is 16.9 Å². The molecule has 3 rings (SSSR count). The molecule has 1 saturated carbocycles. The summed E-state index contributed by atoms with van der Waals surface area (Å²) in [5.41, 5.74) is 0. The molecule has 1 N–H and O–H groups in total. The second-order valence-electron chi connectivity index (χ2n) is 4.99. The van der Waals surface area contributed by atoms with Crippen LogP contribution in [0.5, 0.6) is 0 Å². The van der Waals surface area contributed by atoms with Gasteiger partial charge in [0, 0.05) is 6.54 Å². The normalized spacial score (nSPS) is 30.5. The molecule has 0 aromatic carbocycles. The van der Waals surface area contributed by atoms with E-state index in [2.05, 4.69) is 9.97 Å². The standard InChI is InChI=1S/C12H14ClN3O2/c13-9-4-14-5-10(15-9)16-6-7-2-1-3-8(7)11(16)12(17)18/h4-5,7-8,11H,1-3,6H2,(H,17,18). The van der Waals surface area contributed by atoms with E-state index in [0.717, 1.165) is 25.8 Å². The van der Waals surface area contributed by atoms with Gasteiger partial charge in [-0.3, -0.25) is 4.98 Å². The quantitative estimate of drug-likeness (QED) is 0.885. The summed E-state index contributed by atoms with van der Waals surface area (Å²) in [6.07, 6.45) is 6.28. The zero-order valence-electron chi connectivity index (χ0n) is 9.79. The first kappa shape index (κ1) is 11.7. The molecule has 1 aromatic heterocycles. The number of carboxylic acids is 1. The summed E-state index contributed by atoms with van der Waals surface area (Å²) in [4.78, 5) is 21.5.